The summed E-state index contributed by atoms with van der Waals surface area (Å²) < 4.78 is 4.09. The van der Waals surface area contributed by atoms with Gasteiger partial charge < -0.3 is 0 Å². The van der Waals surface area contributed by atoms with Gasteiger partial charge in [-0.3, -0.25) is 0 Å². The maximum atomic E-state index is 13.5. The molecule has 2 aliphatic carbocycles. The number of rotatable bonds is 6. The molecule has 0 atom stereocenters. The number of hydrogen-bond donors (Lipinski definition) is 1. The van der Waals surface area contributed by atoms with Crippen LogP contribution in [0.5, 0.6) is 0 Å². The Morgan fingerprint density at radius 3 is 1.36 bits per heavy atom. The Morgan fingerprint density at radius 1 is 0.659 bits per heavy atom. The molecule has 244 valence electrons. The maximum absolute atomic E-state index is 13.5. The van der Waals surface area contributed by atoms with Gasteiger partial charge in [0.1, 0.15) is 0 Å². The van der Waals surface area contributed by atoms with Crippen LogP contribution in [0.15, 0.2) is 72.1 Å². The molecule has 44 heavy (non-hydrogen) atoms. The van der Waals surface area contributed by atoms with Crippen molar-refractivity contribution in [2.45, 2.75) is 125 Å². The second-order valence-corrected chi connectivity index (χ2v) is 32.6. The molecule has 0 aliphatic heterocycles. The Morgan fingerprint density at radius 2 is 1.00 bits per heavy atom. The summed E-state index contributed by atoms with van der Waals surface area (Å²) in [6.07, 6.45) is 14.0. The van der Waals surface area contributed by atoms with Crippen LogP contribution in [0.1, 0.15) is 86.0 Å². The number of allylic oxidation sites excluding steroid dienone is 2. The van der Waals surface area contributed by atoms with E-state index in [1.54, 1.807) is 0 Å². The first-order valence-electron chi connectivity index (χ1n) is 17.0. The van der Waals surface area contributed by atoms with E-state index in [4.69, 9.17) is 0 Å². The minimum absolute atomic E-state index is 0. The number of carbonyl (C=O) groups is 1. The summed E-state index contributed by atoms with van der Waals surface area (Å²) in [6.45, 7) is 22.4. The van der Waals surface area contributed by atoms with Crippen LogP contribution in [-0.2, 0) is 21.6 Å². The first kappa shape index (κ1) is 38.9. The Bertz CT molecular complexity index is 1180. The molecule has 0 aromatic heterocycles. The SMILES string of the molecule is C=C(C(=C)[Si](C)(C)C)[Si](C)(C)C.[CH3][Ti]([CH3])([NH]C(=O)C1CCCCCCCCCCC1)[CH]1c2ccccc2-c2ccccc21.[SiH4]. The van der Waals surface area contributed by atoms with Gasteiger partial charge in [0.25, 0.3) is 0 Å². The van der Waals surface area contributed by atoms with Gasteiger partial charge in [-0.2, -0.15) is 0 Å². The summed E-state index contributed by atoms with van der Waals surface area (Å²) in [6, 6.07) is 17.7. The van der Waals surface area contributed by atoms with Crippen molar-refractivity contribution in [2.75, 3.05) is 0 Å². The van der Waals surface area contributed by atoms with Gasteiger partial charge in [-0.1, -0.05) is 62.8 Å². The molecule has 2 aromatic carbocycles. The summed E-state index contributed by atoms with van der Waals surface area (Å²) >= 11 is -2.70. The van der Waals surface area contributed by atoms with Gasteiger partial charge in [0.2, 0.25) is 0 Å². The quantitative estimate of drug-likeness (QED) is 0.238. The van der Waals surface area contributed by atoms with E-state index in [1.165, 1.54) is 90.4 Å². The molecule has 2 aliphatic rings. The zero-order chi connectivity index (χ0) is 31.8. The molecule has 0 unspecified atom stereocenters. The van der Waals surface area contributed by atoms with E-state index in [-0.39, 0.29) is 16.9 Å². The van der Waals surface area contributed by atoms with Crippen molar-refractivity contribution in [1.29, 1.82) is 0 Å². The second-order valence-electron chi connectivity index (χ2n) is 15.7. The van der Waals surface area contributed by atoms with Crippen LogP contribution >= 0.6 is 0 Å². The number of nitrogens with one attached hydrogen (secondary N) is 1. The molecule has 0 bridgehead atoms. The first-order valence-corrected chi connectivity index (χ1v) is 28.8. The van der Waals surface area contributed by atoms with Gasteiger partial charge in [0, 0.05) is 0 Å². The van der Waals surface area contributed by atoms with Crippen molar-refractivity contribution in [3.8, 4) is 11.1 Å². The smallest absolute Gasteiger partial charge is 0.0149 e. The van der Waals surface area contributed by atoms with E-state index >= 15 is 0 Å². The zero-order valence-corrected chi connectivity index (χ0v) is 32.4. The fourth-order valence-electron chi connectivity index (χ4n) is 6.76. The molecule has 2 aromatic rings. The largest absolute Gasteiger partial charge is 0.0149 e. The van der Waals surface area contributed by atoms with Crippen molar-refractivity contribution in [1.82, 2.24) is 3.80 Å². The number of carbonyl (C=O) groups excluding carboxylic acids is 1. The molecule has 1 fully saturated rings. The maximum Gasteiger partial charge on any atom is -0.0149 e. The Hall–Kier alpha value is -1.25. The fraction of sp³-hybridized carbons (Fsp3) is 0.553. The van der Waals surface area contributed by atoms with E-state index in [9.17, 15) is 4.79 Å². The van der Waals surface area contributed by atoms with Gasteiger partial charge in [-0.15, -0.1) is 0 Å². The van der Waals surface area contributed by atoms with E-state index in [1.807, 2.05) is 0 Å². The predicted octanol–water partition coefficient (Wildman–Crippen LogP) is 10.4. The number of benzene rings is 2. The van der Waals surface area contributed by atoms with Gasteiger partial charge in [-0.25, -0.2) is 0 Å². The molecule has 1 amide bonds. The second kappa shape index (κ2) is 17.1. The summed E-state index contributed by atoms with van der Waals surface area (Å²) in [5.74, 6) is 0.556. The van der Waals surface area contributed by atoms with Gasteiger partial charge >= 0.3 is 193 Å². The van der Waals surface area contributed by atoms with Crippen molar-refractivity contribution < 1.29 is 21.6 Å². The number of hydrogen-bond acceptors (Lipinski definition) is 1. The molecular formula is C38H65NOSi3Ti. The van der Waals surface area contributed by atoms with Gasteiger partial charge in [0.15, 0.2) is 0 Å². The van der Waals surface area contributed by atoms with Crippen LogP contribution in [0.4, 0.5) is 0 Å². The fourth-order valence-corrected chi connectivity index (χ4v) is 15.6. The third kappa shape index (κ3) is 10.7. The van der Waals surface area contributed by atoms with Crippen molar-refractivity contribution in [3.05, 3.63) is 83.2 Å². The molecule has 1 saturated carbocycles. The summed E-state index contributed by atoms with van der Waals surface area (Å²) in [5, 5.41) is 7.52. The Kier molecular flexibility index (Phi) is 15.1. The molecular weight excluding hydrogens is 619 g/mol. The van der Waals surface area contributed by atoms with Crippen LogP contribution < -0.4 is 3.80 Å². The average molecular weight is 684 g/mol. The van der Waals surface area contributed by atoms with Crippen LogP contribution in [0.25, 0.3) is 11.1 Å². The van der Waals surface area contributed by atoms with E-state index in [0.717, 1.165) is 12.8 Å². The Balaban J connectivity index is 0.000000444. The van der Waals surface area contributed by atoms with Crippen LogP contribution in [0.2, 0.25) is 49.7 Å². The summed E-state index contributed by atoms with van der Waals surface area (Å²) in [5.41, 5.74) is 5.57. The summed E-state index contributed by atoms with van der Waals surface area (Å²) in [7, 11) is -2.39. The van der Waals surface area contributed by atoms with E-state index in [2.05, 4.69) is 115 Å². The molecule has 6 heteroatoms. The van der Waals surface area contributed by atoms with Crippen molar-refractivity contribution >= 4 is 33.0 Å². The topological polar surface area (TPSA) is 29.1 Å². The number of amides is 1. The van der Waals surface area contributed by atoms with Gasteiger partial charge in [0.05, 0.1) is 16.1 Å². The minimum Gasteiger partial charge on any atom is -0.0149 e. The first-order chi connectivity index (χ1) is 20.1. The van der Waals surface area contributed by atoms with Gasteiger partial charge in [-0.05, 0) is 11.0 Å². The normalized spacial score (nSPS) is 16.9. The van der Waals surface area contributed by atoms with Crippen molar-refractivity contribution in [2.24, 2.45) is 5.92 Å². The Labute approximate surface area is 281 Å². The molecule has 0 radical (unpaired) electrons. The summed E-state index contributed by atoms with van der Waals surface area (Å²) in [4.78, 5) is 13.5. The monoisotopic (exact) mass is 683 g/mol. The average Bonchev–Trinajstić information content (AvgIpc) is 3.27. The third-order valence-corrected chi connectivity index (χ3v) is 18.7. The molecule has 0 spiro atoms. The van der Waals surface area contributed by atoms with Crippen LogP contribution in [-0.4, -0.2) is 33.0 Å². The minimum atomic E-state index is -2.70. The molecule has 4 rings (SSSR count). The molecule has 0 heterocycles. The third-order valence-electron chi connectivity index (χ3n) is 9.65. The zero-order valence-electron chi connectivity index (χ0n) is 28.9. The molecule has 1 N–H and O–H groups in total. The molecule has 0 saturated heterocycles. The van der Waals surface area contributed by atoms with Crippen LogP contribution in [0.3, 0.4) is 0 Å². The standard InChI is InChI=1S/C13H25NO.C13H9.C10H22Si2.2CH3.H4Si.Ti/c14-13(15)12-10-8-6-4-2-1-3-5-7-9-11-12;1-3-7-12-10(5-1)9-11-6-2-4-8-13(11)12;1-9(11(3,4)5)10(2)12(6,7)8;;;;/h12H,1-11H2,(H2,14,15);1-9H;1-2H2,3-8H3;2*1H3;1H4;/q;;;;;;+1/p-1. The van der Waals surface area contributed by atoms with Crippen molar-refractivity contribution in [3.63, 3.8) is 0 Å². The predicted molar refractivity (Wildman–Crippen MR) is 204 cm³/mol. The van der Waals surface area contributed by atoms with E-state index in [0.29, 0.717) is 10.1 Å². The van der Waals surface area contributed by atoms with E-state index < -0.39 is 33.0 Å². The number of fused-ring (bicyclic) bond motifs is 3. The molecule has 2 nitrogen and oxygen atoms in total. The van der Waals surface area contributed by atoms with Crippen LogP contribution in [0, 0.1) is 5.92 Å².